The Hall–Kier alpha value is -1.36. The Bertz CT molecular complexity index is 331. The number of aromatic amines is 1. The third kappa shape index (κ3) is 1.31. The van der Waals surface area contributed by atoms with Crippen molar-refractivity contribution in [3.05, 3.63) is 17.0 Å². The van der Waals surface area contributed by atoms with E-state index in [1.165, 1.54) is 0 Å². The average Bonchev–Trinajstić information content (AvgIpc) is 2.60. The number of hydrogen-bond donors (Lipinski definition) is 3. The molecular weight excluding hydrogens is 168 g/mol. The van der Waals surface area contributed by atoms with Crippen molar-refractivity contribution in [2.45, 2.75) is 13.0 Å². The highest BCUT2D eigenvalue weighted by Crippen LogP contribution is 2.14. The Morgan fingerprint density at radius 3 is 3.23 bits per heavy atom. The Kier molecular flexibility index (Phi) is 2.02. The Labute approximate surface area is 75.9 Å². The molecule has 2 heterocycles. The SMILES string of the molecule is CNC(=O)c1n[nH]c2c1CCNC2. The number of carbonyl (C=O) groups excluding carboxylic acids is 1. The van der Waals surface area contributed by atoms with Crippen LogP contribution < -0.4 is 10.6 Å². The number of aromatic nitrogens is 2. The second-order valence-electron chi connectivity index (χ2n) is 3.04. The fourth-order valence-electron chi connectivity index (χ4n) is 1.55. The van der Waals surface area contributed by atoms with Gasteiger partial charge in [0.1, 0.15) is 0 Å². The predicted octanol–water partition coefficient (Wildman–Crippen LogP) is -0.585. The van der Waals surface area contributed by atoms with Crippen LogP contribution in [0.2, 0.25) is 0 Å². The van der Waals surface area contributed by atoms with Gasteiger partial charge in [0.05, 0.1) is 5.69 Å². The van der Waals surface area contributed by atoms with Crippen molar-refractivity contribution in [2.75, 3.05) is 13.6 Å². The number of nitrogens with one attached hydrogen (secondary N) is 3. The van der Waals surface area contributed by atoms with Gasteiger partial charge >= 0.3 is 0 Å². The van der Waals surface area contributed by atoms with Crippen molar-refractivity contribution >= 4 is 5.91 Å². The van der Waals surface area contributed by atoms with E-state index in [4.69, 9.17) is 0 Å². The van der Waals surface area contributed by atoms with Crippen LogP contribution in [-0.2, 0) is 13.0 Å². The Morgan fingerprint density at radius 1 is 1.62 bits per heavy atom. The van der Waals surface area contributed by atoms with E-state index in [2.05, 4.69) is 20.8 Å². The molecule has 1 aliphatic heterocycles. The minimum atomic E-state index is -0.112. The van der Waals surface area contributed by atoms with Crippen LogP contribution in [0.1, 0.15) is 21.7 Å². The number of H-pyrrole nitrogens is 1. The third-order valence-electron chi connectivity index (χ3n) is 2.25. The summed E-state index contributed by atoms with van der Waals surface area (Å²) in [5.74, 6) is -0.112. The molecule has 1 aliphatic rings. The fourth-order valence-corrected chi connectivity index (χ4v) is 1.55. The summed E-state index contributed by atoms with van der Waals surface area (Å²) >= 11 is 0. The number of hydrogen-bond acceptors (Lipinski definition) is 3. The van der Waals surface area contributed by atoms with E-state index in [9.17, 15) is 4.79 Å². The van der Waals surface area contributed by atoms with E-state index < -0.39 is 0 Å². The molecule has 0 fully saturated rings. The zero-order chi connectivity index (χ0) is 9.26. The van der Waals surface area contributed by atoms with Crippen LogP contribution in [-0.4, -0.2) is 29.7 Å². The summed E-state index contributed by atoms with van der Waals surface area (Å²) < 4.78 is 0. The van der Waals surface area contributed by atoms with Crippen LogP contribution in [0, 0.1) is 0 Å². The molecule has 70 valence electrons. The van der Waals surface area contributed by atoms with Crippen LogP contribution in [0.25, 0.3) is 0 Å². The summed E-state index contributed by atoms with van der Waals surface area (Å²) in [5, 5.41) is 12.6. The highest BCUT2D eigenvalue weighted by Gasteiger charge is 2.20. The average molecular weight is 180 g/mol. The Morgan fingerprint density at radius 2 is 2.46 bits per heavy atom. The van der Waals surface area contributed by atoms with Gasteiger partial charge in [0.2, 0.25) is 0 Å². The van der Waals surface area contributed by atoms with E-state index in [-0.39, 0.29) is 5.91 Å². The van der Waals surface area contributed by atoms with Gasteiger partial charge < -0.3 is 10.6 Å². The summed E-state index contributed by atoms with van der Waals surface area (Å²) in [5.41, 5.74) is 2.63. The molecule has 1 amide bonds. The van der Waals surface area contributed by atoms with Crippen LogP contribution >= 0.6 is 0 Å². The highest BCUT2D eigenvalue weighted by molar-refractivity contribution is 5.93. The molecule has 0 aromatic carbocycles. The summed E-state index contributed by atoms with van der Waals surface area (Å²) in [4.78, 5) is 11.3. The third-order valence-corrected chi connectivity index (χ3v) is 2.25. The maximum absolute atomic E-state index is 11.3. The molecule has 5 nitrogen and oxygen atoms in total. The van der Waals surface area contributed by atoms with Gasteiger partial charge in [0.25, 0.3) is 5.91 Å². The normalized spacial score (nSPS) is 15.2. The minimum absolute atomic E-state index is 0.112. The van der Waals surface area contributed by atoms with E-state index in [0.29, 0.717) is 5.69 Å². The number of carbonyl (C=O) groups is 1. The van der Waals surface area contributed by atoms with Crippen molar-refractivity contribution in [3.63, 3.8) is 0 Å². The van der Waals surface area contributed by atoms with E-state index in [1.54, 1.807) is 7.05 Å². The lowest BCUT2D eigenvalue weighted by Crippen LogP contribution is -2.26. The largest absolute Gasteiger partial charge is 0.354 e. The van der Waals surface area contributed by atoms with Crippen LogP contribution in [0.4, 0.5) is 0 Å². The van der Waals surface area contributed by atoms with E-state index in [1.807, 2.05) is 0 Å². The van der Waals surface area contributed by atoms with Gasteiger partial charge in [-0.2, -0.15) is 5.10 Å². The maximum atomic E-state index is 11.3. The zero-order valence-corrected chi connectivity index (χ0v) is 7.48. The lowest BCUT2D eigenvalue weighted by Gasteiger charge is -2.12. The number of fused-ring (bicyclic) bond motifs is 1. The van der Waals surface area contributed by atoms with Gasteiger partial charge in [-0.3, -0.25) is 9.89 Å². The predicted molar refractivity (Wildman–Crippen MR) is 47.4 cm³/mol. The highest BCUT2D eigenvalue weighted by atomic mass is 16.1. The fraction of sp³-hybridized carbons (Fsp3) is 0.500. The van der Waals surface area contributed by atoms with Crippen molar-refractivity contribution in [2.24, 2.45) is 0 Å². The second-order valence-corrected chi connectivity index (χ2v) is 3.04. The second kappa shape index (κ2) is 3.18. The van der Waals surface area contributed by atoms with Gasteiger partial charge in [0, 0.05) is 19.2 Å². The van der Waals surface area contributed by atoms with Crippen molar-refractivity contribution in [1.82, 2.24) is 20.8 Å². The monoisotopic (exact) mass is 180 g/mol. The van der Waals surface area contributed by atoms with Crippen LogP contribution in [0.5, 0.6) is 0 Å². The molecule has 3 N–H and O–H groups in total. The molecular formula is C8H12N4O. The number of rotatable bonds is 1. The first kappa shape index (κ1) is 8.25. The molecule has 0 unspecified atom stereocenters. The lowest BCUT2D eigenvalue weighted by atomic mass is 10.1. The first-order valence-electron chi connectivity index (χ1n) is 4.32. The van der Waals surface area contributed by atoms with Crippen LogP contribution in [0.15, 0.2) is 0 Å². The quantitative estimate of drug-likeness (QED) is 0.541. The molecule has 13 heavy (non-hydrogen) atoms. The van der Waals surface area contributed by atoms with Crippen LogP contribution in [0.3, 0.4) is 0 Å². The van der Waals surface area contributed by atoms with Crippen molar-refractivity contribution < 1.29 is 4.79 Å². The number of amides is 1. The van der Waals surface area contributed by atoms with Crippen molar-refractivity contribution in [1.29, 1.82) is 0 Å². The maximum Gasteiger partial charge on any atom is 0.271 e. The molecule has 0 saturated carbocycles. The summed E-state index contributed by atoms with van der Waals surface area (Å²) in [6.45, 7) is 1.69. The molecule has 1 aromatic heterocycles. The topological polar surface area (TPSA) is 69.8 Å². The van der Waals surface area contributed by atoms with Gasteiger partial charge in [-0.15, -0.1) is 0 Å². The van der Waals surface area contributed by atoms with E-state index in [0.717, 1.165) is 30.8 Å². The summed E-state index contributed by atoms with van der Waals surface area (Å²) in [7, 11) is 1.62. The summed E-state index contributed by atoms with van der Waals surface area (Å²) in [6.07, 6.45) is 0.870. The van der Waals surface area contributed by atoms with Gasteiger partial charge in [-0.05, 0) is 13.0 Å². The molecule has 1 aromatic rings. The molecule has 0 spiro atoms. The standard InChI is InChI=1S/C8H12N4O/c1-9-8(13)7-5-2-3-10-4-6(5)11-12-7/h10H,2-4H2,1H3,(H,9,13)(H,11,12). The zero-order valence-electron chi connectivity index (χ0n) is 7.48. The first-order chi connectivity index (χ1) is 6.33. The number of nitrogens with zero attached hydrogens (tertiary/aromatic N) is 1. The van der Waals surface area contributed by atoms with Gasteiger partial charge in [-0.25, -0.2) is 0 Å². The molecule has 0 saturated heterocycles. The molecule has 0 bridgehead atoms. The molecule has 5 heteroatoms. The van der Waals surface area contributed by atoms with Gasteiger partial charge in [-0.1, -0.05) is 0 Å². The summed E-state index contributed by atoms with van der Waals surface area (Å²) in [6, 6.07) is 0. The molecule has 0 atom stereocenters. The molecule has 0 radical (unpaired) electrons. The smallest absolute Gasteiger partial charge is 0.271 e. The lowest BCUT2D eigenvalue weighted by molar-refractivity contribution is 0.0957. The van der Waals surface area contributed by atoms with E-state index >= 15 is 0 Å². The van der Waals surface area contributed by atoms with Crippen molar-refractivity contribution in [3.8, 4) is 0 Å². The Balaban J connectivity index is 2.36. The minimum Gasteiger partial charge on any atom is -0.354 e. The molecule has 2 rings (SSSR count). The van der Waals surface area contributed by atoms with Gasteiger partial charge in [0.15, 0.2) is 5.69 Å². The molecule has 0 aliphatic carbocycles. The first-order valence-corrected chi connectivity index (χ1v) is 4.32.